The quantitative estimate of drug-likeness (QED) is 0.620. The van der Waals surface area contributed by atoms with Crippen LogP contribution in [0, 0.1) is 11.6 Å². The summed E-state index contributed by atoms with van der Waals surface area (Å²) in [6.45, 7) is 0. The average molecular weight is 359 g/mol. The number of pyridine rings is 1. The highest BCUT2D eigenvalue weighted by atomic mass is 19.3. The first-order valence-corrected chi connectivity index (χ1v) is 6.68. The average Bonchev–Trinajstić information content (AvgIpc) is 2.86. The third kappa shape index (κ3) is 2.90. The summed E-state index contributed by atoms with van der Waals surface area (Å²) in [5, 5.41) is 0. The molecule has 25 heavy (non-hydrogen) atoms. The summed E-state index contributed by atoms with van der Waals surface area (Å²) in [6, 6.07) is 2.20. The van der Waals surface area contributed by atoms with E-state index in [2.05, 4.69) is 19.2 Å². The first-order valence-electron chi connectivity index (χ1n) is 6.68. The number of ether oxygens (including phenoxy) is 4. The fraction of sp³-hybridized carbons (Fsp3) is 0.200. The molecular weight excluding hydrogens is 350 g/mol. The molecule has 1 aromatic heterocycles. The number of fused-ring (bicyclic) bond motifs is 1. The Morgan fingerprint density at radius 3 is 2.32 bits per heavy atom. The zero-order chi connectivity index (χ0) is 18.4. The molecule has 0 bridgehead atoms. The third-order valence-electron chi connectivity index (χ3n) is 3.29. The van der Waals surface area contributed by atoms with Crippen LogP contribution in [-0.2, 0) is 4.74 Å². The van der Waals surface area contributed by atoms with Gasteiger partial charge in [-0.15, -0.1) is 8.78 Å². The maximum atomic E-state index is 14.3. The van der Waals surface area contributed by atoms with Gasteiger partial charge in [-0.3, -0.25) is 0 Å². The van der Waals surface area contributed by atoms with E-state index in [9.17, 15) is 22.4 Å². The Bertz CT molecular complexity index is 871. The van der Waals surface area contributed by atoms with Crippen molar-refractivity contribution in [1.82, 2.24) is 4.98 Å². The molecule has 0 radical (unpaired) electrons. The number of alkyl halides is 2. The standard InChI is InChI=1S/C15H9F4NO5/c1-22-11-5-8(17)12(20-13(11)14(21)23-2)6-3-9-10(4-7(6)16)25-15(18,19)24-9/h3-5H,1-2H3. The van der Waals surface area contributed by atoms with Crippen LogP contribution in [0.4, 0.5) is 17.6 Å². The zero-order valence-electron chi connectivity index (χ0n) is 12.7. The number of hydrogen-bond acceptors (Lipinski definition) is 6. The summed E-state index contributed by atoms with van der Waals surface area (Å²) in [6.07, 6.45) is -3.96. The molecule has 1 aliphatic rings. The van der Waals surface area contributed by atoms with Gasteiger partial charge >= 0.3 is 12.3 Å². The van der Waals surface area contributed by atoms with Gasteiger partial charge in [0.1, 0.15) is 11.5 Å². The Labute approximate surface area is 137 Å². The summed E-state index contributed by atoms with van der Waals surface area (Å²) in [4.78, 5) is 15.4. The van der Waals surface area contributed by atoms with Crippen molar-refractivity contribution in [2.75, 3.05) is 14.2 Å². The van der Waals surface area contributed by atoms with E-state index >= 15 is 0 Å². The third-order valence-corrected chi connectivity index (χ3v) is 3.29. The zero-order valence-corrected chi connectivity index (χ0v) is 12.7. The molecule has 2 heterocycles. The van der Waals surface area contributed by atoms with Crippen LogP contribution < -0.4 is 14.2 Å². The molecule has 0 spiro atoms. The molecule has 0 unspecified atom stereocenters. The van der Waals surface area contributed by atoms with Crippen LogP contribution in [0.25, 0.3) is 11.3 Å². The predicted molar refractivity (Wildman–Crippen MR) is 73.7 cm³/mol. The molecule has 1 aliphatic heterocycles. The Balaban J connectivity index is 2.16. The first kappa shape index (κ1) is 16.8. The van der Waals surface area contributed by atoms with Crippen LogP contribution in [0.2, 0.25) is 0 Å². The second-order valence-electron chi connectivity index (χ2n) is 4.81. The van der Waals surface area contributed by atoms with E-state index in [1.165, 1.54) is 7.11 Å². The van der Waals surface area contributed by atoms with Gasteiger partial charge in [-0.05, 0) is 6.07 Å². The number of benzene rings is 1. The van der Waals surface area contributed by atoms with Crippen molar-refractivity contribution in [2.45, 2.75) is 6.29 Å². The Hall–Kier alpha value is -3.04. The van der Waals surface area contributed by atoms with Gasteiger partial charge in [0.15, 0.2) is 28.8 Å². The Morgan fingerprint density at radius 1 is 1.08 bits per heavy atom. The molecule has 0 saturated carbocycles. The first-order chi connectivity index (χ1) is 11.8. The molecule has 0 saturated heterocycles. The summed E-state index contributed by atoms with van der Waals surface area (Å²) < 4.78 is 72.3. The predicted octanol–water partition coefficient (Wildman–Crippen LogP) is 3.14. The van der Waals surface area contributed by atoms with Gasteiger partial charge in [-0.2, -0.15) is 0 Å². The number of halogens is 4. The molecule has 2 aromatic rings. The van der Waals surface area contributed by atoms with Gasteiger partial charge in [0.2, 0.25) is 0 Å². The van der Waals surface area contributed by atoms with Crippen LogP contribution >= 0.6 is 0 Å². The van der Waals surface area contributed by atoms with Crippen molar-refractivity contribution in [3.8, 4) is 28.5 Å². The van der Waals surface area contributed by atoms with Crippen molar-refractivity contribution in [3.63, 3.8) is 0 Å². The minimum atomic E-state index is -3.96. The molecule has 0 atom stereocenters. The molecule has 1 aromatic carbocycles. The molecule has 10 heteroatoms. The van der Waals surface area contributed by atoms with Crippen molar-refractivity contribution in [3.05, 3.63) is 35.5 Å². The maximum Gasteiger partial charge on any atom is 0.586 e. The molecule has 0 N–H and O–H groups in total. The lowest BCUT2D eigenvalue weighted by Crippen LogP contribution is -2.25. The van der Waals surface area contributed by atoms with Crippen molar-refractivity contribution >= 4 is 5.97 Å². The summed E-state index contributed by atoms with van der Waals surface area (Å²) in [5.41, 5.74) is -1.53. The van der Waals surface area contributed by atoms with E-state index in [-0.39, 0.29) is 5.75 Å². The summed E-state index contributed by atoms with van der Waals surface area (Å²) >= 11 is 0. The molecule has 0 amide bonds. The maximum absolute atomic E-state index is 14.3. The van der Waals surface area contributed by atoms with Crippen LogP contribution in [0.5, 0.6) is 17.2 Å². The van der Waals surface area contributed by atoms with E-state index in [4.69, 9.17) is 4.74 Å². The second-order valence-corrected chi connectivity index (χ2v) is 4.81. The number of esters is 1. The second kappa shape index (κ2) is 5.80. The monoisotopic (exact) mass is 359 g/mol. The lowest BCUT2D eigenvalue weighted by Gasteiger charge is -2.10. The number of nitrogens with zero attached hydrogens (tertiary/aromatic N) is 1. The Morgan fingerprint density at radius 2 is 1.72 bits per heavy atom. The molecule has 3 rings (SSSR count). The van der Waals surface area contributed by atoms with Crippen LogP contribution in [0.15, 0.2) is 18.2 Å². The molecular formula is C15H9F4NO5. The van der Waals surface area contributed by atoms with E-state index in [0.717, 1.165) is 19.2 Å². The molecule has 132 valence electrons. The highest BCUT2D eigenvalue weighted by molar-refractivity contribution is 5.91. The lowest BCUT2D eigenvalue weighted by atomic mass is 10.1. The van der Waals surface area contributed by atoms with Crippen LogP contribution in [-0.4, -0.2) is 31.5 Å². The van der Waals surface area contributed by atoms with Gasteiger partial charge in [0, 0.05) is 17.7 Å². The van der Waals surface area contributed by atoms with Crippen molar-refractivity contribution < 1.29 is 41.3 Å². The van der Waals surface area contributed by atoms with Crippen molar-refractivity contribution in [2.24, 2.45) is 0 Å². The SMILES string of the molecule is COC(=O)c1nc(-c2cc3c(cc2F)OC(F)(F)O3)c(F)cc1OC. The van der Waals surface area contributed by atoms with Gasteiger partial charge in [-0.25, -0.2) is 18.6 Å². The largest absolute Gasteiger partial charge is 0.586 e. The highest BCUT2D eigenvalue weighted by Crippen LogP contribution is 2.44. The minimum absolute atomic E-state index is 0.235. The van der Waals surface area contributed by atoms with Gasteiger partial charge in [-0.1, -0.05) is 0 Å². The van der Waals surface area contributed by atoms with E-state index in [1.807, 2.05) is 0 Å². The smallest absolute Gasteiger partial charge is 0.494 e. The lowest BCUT2D eigenvalue weighted by molar-refractivity contribution is -0.286. The van der Waals surface area contributed by atoms with Crippen LogP contribution in [0.3, 0.4) is 0 Å². The van der Waals surface area contributed by atoms with Gasteiger partial charge in [0.25, 0.3) is 0 Å². The fourth-order valence-corrected chi connectivity index (χ4v) is 2.21. The van der Waals surface area contributed by atoms with Gasteiger partial charge < -0.3 is 18.9 Å². The number of methoxy groups -OCH3 is 2. The number of hydrogen-bond donors (Lipinski definition) is 0. The number of aromatic nitrogens is 1. The number of carbonyl (C=O) groups is 1. The topological polar surface area (TPSA) is 66.9 Å². The van der Waals surface area contributed by atoms with Crippen LogP contribution in [0.1, 0.15) is 10.5 Å². The fourth-order valence-electron chi connectivity index (χ4n) is 2.21. The molecule has 0 fully saturated rings. The Kier molecular flexibility index (Phi) is 3.90. The van der Waals surface area contributed by atoms with Gasteiger partial charge in [0.05, 0.1) is 14.2 Å². The number of rotatable bonds is 3. The van der Waals surface area contributed by atoms with E-state index in [0.29, 0.717) is 6.07 Å². The molecule has 0 aliphatic carbocycles. The van der Waals surface area contributed by atoms with E-state index < -0.39 is 52.3 Å². The van der Waals surface area contributed by atoms with Crippen molar-refractivity contribution in [1.29, 1.82) is 0 Å². The highest BCUT2D eigenvalue weighted by Gasteiger charge is 2.44. The summed E-state index contributed by atoms with van der Waals surface area (Å²) in [5.74, 6) is -4.39. The normalized spacial score (nSPS) is 14.3. The van der Waals surface area contributed by atoms with E-state index in [1.54, 1.807) is 0 Å². The molecule has 6 nitrogen and oxygen atoms in total. The summed E-state index contributed by atoms with van der Waals surface area (Å²) in [7, 11) is 2.24. The number of carbonyl (C=O) groups excluding carboxylic acids is 1. The minimum Gasteiger partial charge on any atom is -0.494 e.